The van der Waals surface area contributed by atoms with Gasteiger partial charge in [-0.25, -0.2) is 0 Å². The van der Waals surface area contributed by atoms with Crippen LogP contribution >= 0.6 is 0 Å². The van der Waals surface area contributed by atoms with Crippen molar-refractivity contribution in [1.29, 1.82) is 0 Å². The molecule has 0 N–H and O–H groups in total. The van der Waals surface area contributed by atoms with E-state index < -0.39 is 0 Å². The molecule has 0 nitrogen and oxygen atoms in total. The summed E-state index contributed by atoms with van der Waals surface area (Å²) in [6.07, 6.45) is 6.91. The molecule has 0 aliphatic carbocycles. The van der Waals surface area contributed by atoms with E-state index in [4.69, 9.17) is 0 Å². The lowest BCUT2D eigenvalue weighted by molar-refractivity contribution is 0.280. The smallest absolute Gasteiger partial charge is 0.0414 e. The van der Waals surface area contributed by atoms with Crippen molar-refractivity contribution >= 4 is 0 Å². The molecule has 0 radical (unpaired) electrons. The van der Waals surface area contributed by atoms with Gasteiger partial charge in [0.1, 0.15) is 0 Å². The van der Waals surface area contributed by atoms with Crippen molar-refractivity contribution in [2.45, 2.75) is 66.7 Å². The van der Waals surface area contributed by atoms with E-state index in [0.717, 1.165) is 17.8 Å². The van der Waals surface area contributed by atoms with Crippen LogP contribution in [0.15, 0.2) is 0 Å². The van der Waals surface area contributed by atoms with Crippen LogP contribution in [0.3, 0.4) is 0 Å². The minimum Gasteiger partial charge on any atom is -0.0654 e. The summed E-state index contributed by atoms with van der Waals surface area (Å²) in [5.41, 5.74) is 0. The van der Waals surface area contributed by atoms with Gasteiger partial charge in [-0.15, -0.1) is 0 Å². The van der Waals surface area contributed by atoms with E-state index in [1.165, 1.54) is 32.1 Å². The lowest BCUT2D eigenvalue weighted by Gasteiger charge is -2.23. The molecule has 0 aromatic heterocycles. The highest BCUT2D eigenvalue weighted by Crippen LogP contribution is 2.26. The van der Waals surface area contributed by atoms with Crippen LogP contribution in [0, 0.1) is 17.8 Å². The van der Waals surface area contributed by atoms with E-state index in [9.17, 15) is 0 Å². The summed E-state index contributed by atoms with van der Waals surface area (Å²) < 4.78 is 0. The lowest BCUT2D eigenvalue weighted by Crippen LogP contribution is -2.12. The summed E-state index contributed by atoms with van der Waals surface area (Å²) in [5, 5.41) is 0. The van der Waals surface area contributed by atoms with Crippen molar-refractivity contribution in [3.63, 3.8) is 0 Å². The average molecular weight is 184 g/mol. The van der Waals surface area contributed by atoms with Crippen LogP contribution in [0.25, 0.3) is 0 Å². The number of hydrogen-bond acceptors (Lipinski definition) is 0. The Morgan fingerprint density at radius 3 is 1.77 bits per heavy atom. The summed E-state index contributed by atoms with van der Waals surface area (Å²) in [7, 11) is 0. The highest BCUT2D eigenvalue weighted by atomic mass is 14.2. The fourth-order valence-electron chi connectivity index (χ4n) is 2.12. The summed E-state index contributed by atoms with van der Waals surface area (Å²) in [5.74, 6) is 2.81. The predicted molar refractivity (Wildman–Crippen MR) is 61.9 cm³/mol. The van der Waals surface area contributed by atoms with E-state index in [2.05, 4.69) is 34.6 Å². The van der Waals surface area contributed by atoms with Gasteiger partial charge in [0.25, 0.3) is 0 Å². The molecule has 13 heavy (non-hydrogen) atoms. The SMILES string of the molecule is CCCC(C)C(C)CC(CC)CC. The lowest BCUT2D eigenvalue weighted by atomic mass is 9.83. The molecule has 0 aliphatic rings. The molecule has 0 heteroatoms. The third kappa shape index (κ3) is 5.33. The molecule has 0 bridgehead atoms. The molecule has 0 aliphatic heterocycles. The van der Waals surface area contributed by atoms with Crippen LogP contribution in [0.1, 0.15) is 66.7 Å². The van der Waals surface area contributed by atoms with Gasteiger partial charge < -0.3 is 0 Å². The van der Waals surface area contributed by atoms with Crippen molar-refractivity contribution in [3.05, 3.63) is 0 Å². The first-order chi connectivity index (χ1) is 6.15. The molecule has 2 unspecified atom stereocenters. The third-order valence-corrected chi connectivity index (χ3v) is 3.58. The van der Waals surface area contributed by atoms with Crippen LogP contribution < -0.4 is 0 Å². The van der Waals surface area contributed by atoms with Gasteiger partial charge in [-0.3, -0.25) is 0 Å². The Bertz CT molecular complexity index is 103. The van der Waals surface area contributed by atoms with E-state index in [1.807, 2.05) is 0 Å². The Kier molecular flexibility index (Phi) is 7.41. The fourth-order valence-corrected chi connectivity index (χ4v) is 2.12. The zero-order valence-corrected chi connectivity index (χ0v) is 10.3. The Balaban J connectivity index is 3.75. The monoisotopic (exact) mass is 184 g/mol. The van der Waals surface area contributed by atoms with Crippen LogP contribution in [0.4, 0.5) is 0 Å². The zero-order chi connectivity index (χ0) is 10.3. The van der Waals surface area contributed by atoms with Crippen molar-refractivity contribution in [1.82, 2.24) is 0 Å². The maximum absolute atomic E-state index is 2.43. The molecule has 0 aromatic rings. The highest BCUT2D eigenvalue weighted by molar-refractivity contribution is 4.66. The molecular formula is C13H28. The van der Waals surface area contributed by atoms with E-state index in [-0.39, 0.29) is 0 Å². The number of rotatable bonds is 7. The maximum Gasteiger partial charge on any atom is -0.0414 e. The van der Waals surface area contributed by atoms with Crippen molar-refractivity contribution in [2.75, 3.05) is 0 Å². The maximum atomic E-state index is 2.43. The van der Waals surface area contributed by atoms with Crippen LogP contribution in [0.5, 0.6) is 0 Å². The molecule has 0 aromatic carbocycles. The van der Waals surface area contributed by atoms with Crippen LogP contribution in [-0.2, 0) is 0 Å². The van der Waals surface area contributed by atoms with Gasteiger partial charge in [-0.2, -0.15) is 0 Å². The summed E-state index contributed by atoms with van der Waals surface area (Å²) >= 11 is 0. The summed E-state index contributed by atoms with van der Waals surface area (Å²) in [6.45, 7) is 11.8. The van der Waals surface area contributed by atoms with E-state index >= 15 is 0 Å². The minimum atomic E-state index is 0.921. The standard InChI is InChI=1S/C13H28/c1-6-9-11(4)12(5)10-13(7-2)8-3/h11-13H,6-10H2,1-5H3. The quantitative estimate of drug-likeness (QED) is 0.528. The Morgan fingerprint density at radius 1 is 0.846 bits per heavy atom. The van der Waals surface area contributed by atoms with Crippen LogP contribution in [0.2, 0.25) is 0 Å². The van der Waals surface area contributed by atoms with Gasteiger partial charge >= 0.3 is 0 Å². The second kappa shape index (κ2) is 7.41. The first kappa shape index (κ1) is 13.0. The fraction of sp³-hybridized carbons (Fsp3) is 1.00. The van der Waals surface area contributed by atoms with Crippen molar-refractivity contribution in [2.24, 2.45) is 17.8 Å². The molecule has 0 saturated carbocycles. The van der Waals surface area contributed by atoms with E-state index in [1.54, 1.807) is 0 Å². The highest BCUT2D eigenvalue weighted by Gasteiger charge is 2.15. The first-order valence-corrected chi connectivity index (χ1v) is 6.15. The summed E-state index contributed by atoms with van der Waals surface area (Å²) in [4.78, 5) is 0. The van der Waals surface area contributed by atoms with Crippen LogP contribution in [-0.4, -0.2) is 0 Å². The topological polar surface area (TPSA) is 0 Å². The molecule has 2 atom stereocenters. The molecule has 0 spiro atoms. The molecule has 80 valence electrons. The largest absolute Gasteiger partial charge is 0.0654 e. The Morgan fingerprint density at radius 2 is 1.38 bits per heavy atom. The second-order valence-corrected chi connectivity index (χ2v) is 4.66. The molecule has 0 saturated heterocycles. The molecule has 0 amide bonds. The zero-order valence-electron chi connectivity index (χ0n) is 10.3. The molecule has 0 rings (SSSR count). The molecular weight excluding hydrogens is 156 g/mol. The van der Waals surface area contributed by atoms with Crippen molar-refractivity contribution in [3.8, 4) is 0 Å². The predicted octanol–water partition coefficient (Wildman–Crippen LogP) is 4.89. The van der Waals surface area contributed by atoms with Gasteiger partial charge in [0, 0.05) is 0 Å². The summed E-state index contributed by atoms with van der Waals surface area (Å²) in [6, 6.07) is 0. The first-order valence-electron chi connectivity index (χ1n) is 6.15. The molecule has 0 fully saturated rings. The van der Waals surface area contributed by atoms with Gasteiger partial charge in [0.15, 0.2) is 0 Å². The van der Waals surface area contributed by atoms with Gasteiger partial charge in [0.2, 0.25) is 0 Å². The average Bonchev–Trinajstić information content (AvgIpc) is 2.14. The van der Waals surface area contributed by atoms with Crippen molar-refractivity contribution < 1.29 is 0 Å². The van der Waals surface area contributed by atoms with Gasteiger partial charge in [0.05, 0.1) is 0 Å². The van der Waals surface area contributed by atoms with Gasteiger partial charge in [-0.05, 0) is 24.2 Å². The molecule has 0 heterocycles. The third-order valence-electron chi connectivity index (χ3n) is 3.58. The Labute approximate surface area is 85.1 Å². The second-order valence-electron chi connectivity index (χ2n) is 4.66. The van der Waals surface area contributed by atoms with E-state index in [0.29, 0.717) is 0 Å². The number of hydrogen-bond donors (Lipinski definition) is 0. The normalized spacial score (nSPS) is 16.2. The Hall–Kier alpha value is 0. The minimum absolute atomic E-state index is 0.921. The van der Waals surface area contributed by atoms with Gasteiger partial charge in [-0.1, -0.05) is 60.3 Å².